The first-order valence-electron chi connectivity index (χ1n) is 10.9. The first-order chi connectivity index (χ1) is 16.0. The van der Waals surface area contributed by atoms with Gasteiger partial charge in [-0.25, -0.2) is 4.79 Å². The molecule has 1 unspecified atom stereocenters. The second kappa shape index (κ2) is 10.8. The van der Waals surface area contributed by atoms with E-state index < -0.39 is 12.1 Å². The normalized spacial score (nSPS) is 15.2. The molecule has 0 bridgehead atoms. The Balaban J connectivity index is 1.33. The van der Waals surface area contributed by atoms with E-state index in [0.717, 1.165) is 35.8 Å². The van der Waals surface area contributed by atoms with Gasteiger partial charge in [-0.2, -0.15) is 0 Å². The number of piperazine rings is 1. The van der Waals surface area contributed by atoms with Crippen LogP contribution < -0.4 is 11.1 Å². The Bertz CT molecular complexity index is 1100. The van der Waals surface area contributed by atoms with Crippen molar-refractivity contribution in [3.8, 4) is 10.4 Å². The van der Waals surface area contributed by atoms with Gasteiger partial charge in [0.15, 0.2) is 0 Å². The summed E-state index contributed by atoms with van der Waals surface area (Å²) in [7, 11) is 0. The molecule has 3 N–H and O–H groups in total. The molecule has 3 amide bonds. The molecule has 172 valence electrons. The molecule has 0 spiro atoms. The highest BCUT2D eigenvalue weighted by atomic mass is 35.5. The number of nitrogens with one attached hydrogen (secondary N) is 1. The van der Waals surface area contributed by atoms with E-state index in [2.05, 4.69) is 28.4 Å². The zero-order valence-corrected chi connectivity index (χ0v) is 19.8. The van der Waals surface area contributed by atoms with E-state index in [4.69, 9.17) is 17.3 Å². The van der Waals surface area contributed by atoms with Crippen molar-refractivity contribution < 1.29 is 9.59 Å². The summed E-state index contributed by atoms with van der Waals surface area (Å²) in [6.45, 7) is 3.66. The van der Waals surface area contributed by atoms with E-state index in [-0.39, 0.29) is 5.91 Å². The topological polar surface area (TPSA) is 78.7 Å². The second-order valence-corrected chi connectivity index (χ2v) is 9.73. The fraction of sp³-hybridized carbons (Fsp3) is 0.280. The van der Waals surface area contributed by atoms with Gasteiger partial charge in [0.05, 0.1) is 0 Å². The Kier molecular flexibility index (Phi) is 7.65. The van der Waals surface area contributed by atoms with Gasteiger partial charge < -0.3 is 16.0 Å². The van der Waals surface area contributed by atoms with Crippen molar-refractivity contribution in [3.63, 3.8) is 0 Å². The monoisotopic (exact) mass is 482 g/mol. The smallest absolute Gasteiger partial charge is 0.312 e. The number of halogens is 1. The number of carbonyl (C=O) groups excluding carboxylic acids is 2. The minimum atomic E-state index is -0.684. The summed E-state index contributed by atoms with van der Waals surface area (Å²) in [4.78, 5) is 31.3. The molecule has 2 heterocycles. The summed E-state index contributed by atoms with van der Waals surface area (Å²) < 4.78 is 0. The summed E-state index contributed by atoms with van der Waals surface area (Å²) in [6, 6.07) is 20.5. The van der Waals surface area contributed by atoms with Crippen LogP contribution in [0, 0.1) is 0 Å². The van der Waals surface area contributed by atoms with Gasteiger partial charge in [-0.05, 0) is 35.4 Å². The highest BCUT2D eigenvalue weighted by Gasteiger charge is 2.28. The maximum atomic E-state index is 13.1. The molecule has 0 saturated carbocycles. The third-order valence-corrected chi connectivity index (χ3v) is 7.09. The van der Waals surface area contributed by atoms with Crippen molar-refractivity contribution in [1.82, 2.24) is 15.1 Å². The fourth-order valence-electron chi connectivity index (χ4n) is 4.05. The summed E-state index contributed by atoms with van der Waals surface area (Å²) in [5.74, 6) is -0.0864. The number of thiophene rings is 1. The lowest BCUT2D eigenvalue weighted by molar-refractivity contribution is -0.135. The summed E-state index contributed by atoms with van der Waals surface area (Å²) in [5, 5.41) is 3.36. The number of hydrogen-bond donors (Lipinski definition) is 2. The van der Waals surface area contributed by atoms with Gasteiger partial charge in [0.25, 0.3) is 0 Å². The zero-order valence-electron chi connectivity index (χ0n) is 18.2. The van der Waals surface area contributed by atoms with Gasteiger partial charge in [-0.1, -0.05) is 54.1 Å². The van der Waals surface area contributed by atoms with Crippen LogP contribution in [0.5, 0.6) is 0 Å². The van der Waals surface area contributed by atoms with Gasteiger partial charge >= 0.3 is 6.03 Å². The average molecular weight is 483 g/mol. The predicted molar refractivity (Wildman–Crippen MR) is 133 cm³/mol. The molecule has 1 aromatic heterocycles. The molecular formula is C25H27ClN4O2S. The molecule has 0 aliphatic carbocycles. The molecule has 1 saturated heterocycles. The van der Waals surface area contributed by atoms with Gasteiger partial charge in [0.1, 0.15) is 6.04 Å². The second-order valence-electron chi connectivity index (χ2n) is 8.13. The van der Waals surface area contributed by atoms with Crippen LogP contribution in [0.3, 0.4) is 0 Å². The Morgan fingerprint density at radius 1 is 1.00 bits per heavy atom. The van der Waals surface area contributed by atoms with E-state index in [1.807, 2.05) is 53.4 Å². The van der Waals surface area contributed by atoms with Gasteiger partial charge in [-0.3, -0.25) is 9.69 Å². The number of carbonyl (C=O) groups is 2. The van der Waals surface area contributed by atoms with Crippen molar-refractivity contribution in [1.29, 1.82) is 0 Å². The number of amides is 3. The zero-order chi connectivity index (χ0) is 23.2. The third kappa shape index (κ3) is 6.35. The van der Waals surface area contributed by atoms with Gasteiger partial charge in [0.2, 0.25) is 5.91 Å². The van der Waals surface area contributed by atoms with E-state index in [0.29, 0.717) is 19.5 Å². The number of rotatable bonds is 7. The molecule has 2 aromatic carbocycles. The summed E-state index contributed by atoms with van der Waals surface area (Å²) >= 11 is 7.89. The van der Waals surface area contributed by atoms with E-state index in [1.54, 1.807) is 11.3 Å². The predicted octanol–water partition coefficient (Wildman–Crippen LogP) is 3.99. The minimum Gasteiger partial charge on any atom is -0.352 e. The van der Waals surface area contributed by atoms with Crippen LogP contribution in [-0.2, 0) is 17.8 Å². The lowest BCUT2D eigenvalue weighted by atomic mass is 10.0. The van der Waals surface area contributed by atoms with Crippen molar-refractivity contribution in [2.45, 2.75) is 19.0 Å². The highest BCUT2D eigenvalue weighted by molar-refractivity contribution is 7.15. The van der Waals surface area contributed by atoms with Crippen LogP contribution in [0.15, 0.2) is 66.7 Å². The molecule has 1 fully saturated rings. The summed E-state index contributed by atoms with van der Waals surface area (Å²) in [6.07, 6.45) is 0.421. The maximum absolute atomic E-state index is 13.1. The fourth-order valence-corrected chi connectivity index (χ4v) is 5.29. The van der Waals surface area contributed by atoms with E-state index >= 15 is 0 Å². The van der Waals surface area contributed by atoms with Crippen molar-refractivity contribution in [2.75, 3.05) is 26.2 Å². The van der Waals surface area contributed by atoms with E-state index in [1.165, 1.54) is 9.75 Å². The summed E-state index contributed by atoms with van der Waals surface area (Å²) in [5.41, 5.74) is 7.45. The number of benzene rings is 2. The van der Waals surface area contributed by atoms with Gasteiger partial charge in [0, 0.05) is 53.9 Å². The number of nitrogens with two attached hydrogens (primary N) is 1. The number of nitrogens with zero attached hydrogens (tertiary/aromatic N) is 2. The van der Waals surface area contributed by atoms with E-state index in [9.17, 15) is 9.59 Å². The largest absolute Gasteiger partial charge is 0.352 e. The Hall–Kier alpha value is -2.87. The molecule has 33 heavy (non-hydrogen) atoms. The third-order valence-electron chi connectivity index (χ3n) is 5.73. The molecule has 1 aliphatic heterocycles. The quantitative estimate of drug-likeness (QED) is 0.534. The molecule has 8 heteroatoms. The lowest BCUT2D eigenvalue weighted by Gasteiger charge is -2.36. The van der Waals surface area contributed by atoms with Crippen LogP contribution in [0.2, 0.25) is 5.02 Å². The molecule has 0 radical (unpaired) electrons. The number of hydrogen-bond acceptors (Lipinski definition) is 4. The molecule has 1 aliphatic rings. The Labute approximate surface area is 203 Å². The Morgan fingerprint density at radius 2 is 1.76 bits per heavy atom. The standard InChI is InChI=1S/C25H27ClN4O2S/c26-20-8-4-7-19(16-20)23-10-9-21(33-23)17-29-11-13-30(14-12-29)24(31)22(28-25(27)32)15-18-5-2-1-3-6-18/h1-10,16,22H,11-15,17H2,(H3,27,28,32). The molecule has 1 atom stereocenters. The number of urea groups is 1. The van der Waals surface area contributed by atoms with Crippen LogP contribution in [0.25, 0.3) is 10.4 Å². The average Bonchev–Trinajstić information content (AvgIpc) is 3.28. The first kappa shape index (κ1) is 23.3. The molecular weight excluding hydrogens is 456 g/mol. The highest BCUT2D eigenvalue weighted by Crippen LogP contribution is 2.30. The Morgan fingerprint density at radius 3 is 2.45 bits per heavy atom. The lowest BCUT2D eigenvalue weighted by Crippen LogP contribution is -2.56. The first-order valence-corrected chi connectivity index (χ1v) is 12.1. The molecule has 6 nitrogen and oxygen atoms in total. The van der Waals surface area contributed by atoms with Crippen LogP contribution in [-0.4, -0.2) is 54.0 Å². The molecule has 3 aromatic rings. The van der Waals surface area contributed by atoms with Crippen molar-refractivity contribution in [3.05, 3.63) is 82.2 Å². The SMILES string of the molecule is NC(=O)NC(Cc1ccccc1)C(=O)N1CCN(Cc2ccc(-c3cccc(Cl)c3)s2)CC1. The van der Waals surface area contributed by atoms with Gasteiger partial charge in [-0.15, -0.1) is 11.3 Å². The van der Waals surface area contributed by atoms with Crippen LogP contribution in [0.4, 0.5) is 4.79 Å². The molecule has 4 rings (SSSR count). The minimum absolute atomic E-state index is 0.0864. The van der Waals surface area contributed by atoms with Crippen molar-refractivity contribution in [2.24, 2.45) is 5.73 Å². The van der Waals surface area contributed by atoms with Crippen LogP contribution >= 0.6 is 22.9 Å². The van der Waals surface area contributed by atoms with Crippen LogP contribution in [0.1, 0.15) is 10.4 Å². The van der Waals surface area contributed by atoms with Crippen molar-refractivity contribution >= 4 is 34.9 Å². The maximum Gasteiger partial charge on any atom is 0.312 e. The number of primary amides is 1.